The second-order valence-electron chi connectivity index (χ2n) is 6.91. The molecule has 0 spiro atoms. The zero-order valence-corrected chi connectivity index (χ0v) is 16.2. The van der Waals surface area contributed by atoms with Gasteiger partial charge < -0.3 is 25.6 Å². The second kappa shape index (κ2) is 8.63. The number of thioether (sulfide) groups is 1. The van der Waals surface area contributed by atoms with Gasteiger partial charge in [-0.25, -0.2) is 9.78 Å². The fraction of sp³-hybridized carbons (Fsp3) is 0.588. The van der Waals surface area contributed by atoms with Crippen molar-refractivity contribution in [1.29, 1.82) is 0 Å². The monoisotopic (exact) mass is 409 g/mol. The van der Waals surface area contributed by atoms with Gasteiger partial charge in [0, 0.05) is 30.6 Å². The summed E-state index contributed by atoms with van der Waals surface area (Å²) < 4.78 is 0. The summed E-state index contributed by atoms with van der Waals surface area (Å²) in [5, 5.41) is 14.5. The molecule has 2 aliphatic rings. The van der Waals surface area contributed by atoms with Gasteiger partial charge in [-0.2, -0.15) is 0 Å². The minimum atomic E-state index is -1.05. The molecule has 0 aliphatic carbocycles. The maximum absolute atomic E-state index is 13.0. The number of carbonyl (C=O) groups is 4. The van der Waals surface area contributed by atoms with Crippen LogP contribution in [-0.4, -0.2) is 79.3 Å². The van der Waals surface area contributed by atoms with Gasteiger partial charge >= 0.3 is 5.97 Å². The van der Waals surface area contributed by atoms with Crippen molar-refractivity contribution >= 4 is 35.5 Å². The Bertz CT molecular complexity index is 755. The Balaban J connectivity index is 1.73. The highest BCUT2D eigenvalue weighted by atomic mass is 32.2. The zero-order valence-electron chi connectivity index (χ0n) is 15.4. The molecule has 0 saturated carbocycles. The van der Waals surface area contributed by atoms with E-state index in [0.717, 1.165) is 0 Å². The third kappa shape index (κ3) is 4.46. The number of rotatable bonds is 6. The molecule has 2 fully saturated rings. The molecule has 0 aromatic carbocycles. The molecule has 2 aliphatic heterocycles. The van der Waals surface area contributed by atoms with E-state index in [4.69, 9.17) is 0 Å². The molecule has 0 bridgehead atoms. The van der Waals surface area contributed by atoms with E-state index in [1.807, 2.05) is 0 Å². The van der Waals surface area contributed by atoms with Crippen molar-refractivity contribution in [1.82, 2.24) is 25.5 Å². The van der Waals surface area contributed by atoms with Crippen LogP contribution in [0, 0.1) is 0 Å². The van der Waals surface area contributed by atoms with Gasteiger partial charge in [-0.1, -0.05) is 0 Å². The van der Waals surface area contributed by atoms with Crippen LogP contribution in [0.2, 0.25) is 0 Å². The Labute approximate surface area is 165 Å². The highest BCUT2D eigenvalue weighted by Gasteiger charge is 2.39. The number of likely N-dealkylation sites (tertiary alicyclic amines) is 1. The molecule has 3 heterocycles. The smallest absolute Gasteiger partial charge is 0.326 e. The number of amides is 3. The first-order chi connectivity index (χ1) is 13.4. The maximum Gasteiger partial charge on any atom is 0.326 e. The summed E-state index contributed by atoms with van der Waals surface area (Å²) in [4.78, 5) is 57.1. The van der Waals surface area contributed by atoms with E-state index in [2.05, 4.69) is 20.6 Å². The van der Waals surface area contributed by atoms with E-state index in [0.29, 0.717) is 30.8 Å². The maximum atomic E-state index is 13.0. The van der Waals surface area contributed by atoms with Crippen LogP contribution in [0.15, 0.2) is 12.5 Å². The molecule has 1 aromatic heterocycles. The van der Waals surface area contributed by atoms with E-state index in [1.54, 1.807) is 13.1 Å². The van der Waals surface area contributed by atoms with Crippen LogP contribution in [0.3, 0.4) is 0 Å². The van der Waals surface area contributed by atoms with E-state index >= 15 is 0 Å². The third-order valence-electron chi connectivity index (χ3n) is 4.93. The molecule has 152 valence electrons. The molecule has 3 rings (SSSR count). The lowest BCUT2D eigenvalue weighted by atomic mass is 10.1. The number of aromatic amines is 1. The first-order valence-corrected chi connectivity index (χ1v) is 10.1. The second-order valence-corrected chi connectivity index (χ2v) is 8.28. The molecule has 0 radical (unpaired) electrons. The summed E-state index contributed by atoms with van der Waals surface area (Å²) in [6.07, 6.45) is 4.15. The number of aromatic nitrogens is 2. The molecule has 4 atom stereocenters. The summed E-state index contributed by atoms with van der Waals surface area (Å²) >= 11 is 1.37. The molecular weight excluding hydrogens is 386 g/mol. The van der Waals surface area contributed by atoms with E-state index in [1.165, 1.54) is 23.0 Å². The number of hydrogen-bond donors (Lipinski definition) is 4. The number of nitrogens with zero attached hydrogens (tertiary/aromatic N) is 2. The molecule has 11 heteroatoms. The number of H-pyrrole nitrogens is 1. The van der Waals surface area contributed by atoms with Gasteiger partial charge in [0.2, 0.25) is 17.7 Å². The Hall–Kier alpha value is -2.56. The van der Waals surface area contributed by atoms with Crippen molar-refractivity contribution in [2.75, 3.05) is 12.3 Å². The largest absolute Gasteiger partial charge is 0.480 e. The molecule has 0 unspecified atom stereocenters. The quantitative estimate of drug-likeness (QED) is 0.478. The van der Waals surface area contributed by atoms with Crippen LogP contribution in [0.1, 0.15) is 25.5 Å². The van der Waals surface area contributed by atoms with Gasteiger partial charge in [0.1, 0.15) is 18.1 Å². The number of carboxylic acids is 1. The number of imidazole rings is 1. The predicted octanol–water partition coefficient (Wildman–Crippen LogP) is -0.867. The summed E-state index contributed by atoms with van der Waals surface area (Å²) in [7, 11) is 0. The van der Waals surface area contributed by atoms with Gasteiger partial charge in [-0.15, -0.1) is 11.8 Å². The number of aliphatic carboxylic acids is 1. The minimum Gasteiger partial charge on any atom is -0.480 e. The molecule has 4 N–H and O–H groups in total. The number of hydrogen-bond acceptors (Lipinski definition) is 6. The first-order valence-electron chi connectivity index (χ1n) is 9.09. The lowest BCUT2D eigenvalue weighted by Gasteiger charge is -2.30. The zero-order chi connectivity index (χ0) is 20.3. The number of carboxylic acid groups (broad SMARTS) is 1. The van der Waals surface area contributed by atoms with Crippen LogP contribution in [0.4, 0.5) is 0 Å². The highest BCUT2D eigenvalue weighted by Crippen LogP contribution is 2.20. The Morgan fingerprint density at radius 1 is 1.46 bits per heavy atom. The van der Waals surface area contributed by atoms with Crippen molar-refractivity contribution in [3.8, 4) is 0 Å². The van der Waals surface area contributed by atoms with Crippen LogP contribution in [-0.2, 0) is 25.6 Å². The minimum absolute atomic E-state index is 0.150. The van der Waals surface area contributed by atoms with Crippen molar-refractivity contribution in [3.63, 3.8) is 0 Å². The summed E-state index contributed by atoms with van der Waals surface area (Å²) in [6.45, 7) is 2.09. The van der Waals surface area contributed by atoms with Crippen molar-refractivity contribution in [2.45, 2.75) is 49.6 Å². The van der Waals surface area contributed by atoms with Gasteiger partial charge in [0.25, 0.3) is 0 Å². The van der Waals surface area contributed by atoms with E-state index < -0.39 is 35.9 Å². The van der Waals surface area contributed by atoms with Crippen molar-refractivity contribution in [3.05, 3.63) is 18.2 Å². The van der Waals surface area contributed by atoms with Gasteiger partial charge in [-0.05, 0) is 19.8 Å². The lowest BCUT2D eigenvalue weighted by Crippen LogP contribution is -2.59. The highest BCUT2D eigenvalue weighted by molar-refractivity contribution is 8.00. The lowest BCUT2D eigenvalue weighted by molar-refractivity contribution is -0.149. The first kappa shape index (κ1) is 20.2. The number of carbonyl (C=O) groups excluding carboxylic acids is 3. The van der Waals surface area contributed by atoms with E-state index in [9.17, 15) is 24.3 Å². The molecule has 3 amide bonds. The van der Waals surface area contributed by atoms with Crippen LogP contribution >= 0.6 is 11.8 Å². The Morgan fingerprint density at radius 3 is 2.89 bits per heavy atom. The summed E-state index contributed by atoms with van der Waals surface area (Å²) in [6, 6.07) is -2.58. The fourth-order valence-corrected chi connectivity index (χ4v) is 4.30. The van der Waals surface area contributed by atoms with Gasteiger partial charge in [-0.3, -0.25) is 14.4 Å². The summed E-state index contributed by atoms with van der Waals surface area (Å²) in [5.41, 5.74) is 0.639. The van der Waals surface area contributed by atoms with E-state index in [-0.39, 0.29) is 17.6 Å². The standard InChI is InChI=1S/C17H23N5O5S/c1-9-14(23)21-12(7-28-9)15(24)20-11(5-10-6-18-8-19-10)16(25)22-4-2-3-13(22)17(26)27/h6,8-9,11-13H,2-5,7H2,1H3,(H,18,19)(H,20,24)(H,21,23)(H,26,27)/t9-,11-,12+,13+/m1/s1. The average Bonchev–Trinajstić information content (AvgIpc) is 3.34. The topological polar surface area (TPSA) is 144 Å². The summed E-state index contributed by atoms with van der Waals surface area (Å²) in [5.74, 6) is -1.78. The third-order valence-corrected chi connectivity index (χ3v) is 6.17. The van der Waals surface area contributed by atoms with Crippen LogP contribution in [0.25, 0.3) is 0 Å². The molecular formula is C17H23N5O5S. The van der Waals surface area contributed by atoms with Gasteiger partial charge in [0.05, 0.1) is 11.6 Å². The Morgan fingerprint density at radius 2 is 2.25 bits per heavy atom. The van der Waals surface area contributed by atoms with Crippen molar-refractivity contribution in [2.24, 2.45) is 0 Å². The van der Waals surface area contributed by atoms with Crippen LogP contribution in [0.5, 0.6) is 0 Å². The van der Waals surface area contributed by atoms with Gasteiger partial charge in [0.15, 0.2) is 0 Å². The molecule has 1 aromatic rings. The molecule has 28 heavy (non-hydrogen) atoms. The van der Waals surface area contributed by atoms with Crippen molar-refractivity contribution < 1.29 is 24.3 Å². The molecule has 10 nitrogen and oxygen atoms in total. The predicted molar refractivity (Wildman–Crippen MR) is 100 cm³/mol. The molecule has 2 saturated heterocycles. The Kier molecular flexibility index (Phi) is 6.22. The normalized spacial score (nSPS) is 25.8. The van der Waals surface area contributed by atoms with Crippen LogP contribution < -0.4 is 10.6 Å². The average molecular weight is 409 g/mol. The number of nitrogens with one attached hydrogen (secondary N) is 3. The SMILES string of the molecule is C[C@H]1SC[C@@H](C(=O)N[C@H](Cc2cnc[nH]2)C(=O)N2CCC[C@H]2C(=O)O)NC1=O. The fourth-order valence-electron chi connectivity index (χ4n) is 3.36.